The van der Waals surface area contributed by atoms with Gasteiger partial charge >= 0.3 is 0 Å². The fourth-order valence-electron chi connectivity index (χ4n) is 3.25. The molecular formula is C25H18FIN2O3S. The number of carbonyl (C=O) groups is 2. The summed E-state index contributed by atoms with van der Waals surface area (Å²) in [7, 11) is 0. The molecule has 33 heavy (non-hydrogen) atoms. The first-order valence-corrected chi connectivity index (χ1v) is 11.5. The van der Waals surface area contributed by atoms with Crippen LogP contribution in [0.2, 0.25) is 0 Å². The second-order valence-corrected chi connectivity index (χ2v) is 8.92. The molecule has 8 heteroatoms. The lowest BCUT2D eigenvalue weighted by Crippen LogP contribution is -2.54. The van der Waals surface area contributed by atoms with Gasteiger partial charge in [-0.25, -0.2) is 9.29 Å². The highest BCUT2D eigenvalue weighted by Crippen LogP contribution is 2.27. The summed E-state index contributed by atoms with van der Waals surface area (Å²) in [4.78, 5) is 26.5. The number of carbonyl (C=O) groups excluding carboxylic acids is 2. The van der Waals surface area contributed by atoms with Crippen molar-refractivity contribution in [3.63, 3.8) is 0 Å². The summed E-state index contributed by atoms with van der Waals surface area (Å²) in [5, 5.41) is 2.30. The molecule has 0 atom stereocenters. The van der Waals surface area contributed by atoms with Crippen LogP contribution < -0.4 is 15.0 Å². The van der Waals surface area contributed by atoms with Gasteiger partial charge in [0.2, 0.25) is 0 Å². The van der Waals surface area contributed by atoms with Crippen molar-refractivity contribution in [2.45, 2.75) is 13.5 Å². The minimum atomic E-state index is -0.691. The number of anilines is 1. The summed E-state index contributed by atoms with van der Waals surface area (Å²) in [6.45, 7) is 2.45. The Morgan fingerprint density at radius 2 is 1.82 bits per heavy atom. The van der Waals surface area contributed by atoms with Crippen molar-refractivity contribution in [3.05, 3.63) is 98.4 Å². The van der Waals surface area contributed by atoms with Crippen LogP contribution in [0.25, 0.3) is 6.08 Å². The molecule has 1 aliphatic heterocycles. The maximum Gasteiger partial charge on any atom is 0.270 e. The predicted molar refractivity (Wildman–Crippen MR) is 137 cm³/mol. The minimum Gasteiger partial charge on any atom is -0.488 e. The Kier molecular flexibility index (Phi) is 6.85. The number of ether oxygens (including phenoxy) is 1. The number of rotatable bonds is 5. The Labute approximate surface area is 209 Å². The average molecular weight is 572 g/mol. The highest BCUT2D eigenvalue weighted by Gasteiger charge is 2.35. The van der Waals surface area contributed by atoms with E-state index in [-0.39, 0.29) is 16.4 Å². The maximum atomic E-state index is 14.3. The first kappa shape index (κ1) is 23.1. The molecule has 3 aromatic carbocycles. The standard InChI is InChI=1S/C25H18FIN2O3S/c1-15-6-8-16(9-7-15)14-32-22-11-10-17(13-20(22)27)12-18-23(30)28-25(33)29(24(18)31)21-5-3-2-4-19(21)26/h2-13H,14H2,1H3,(H,28,30,33)/b18-12+. The van der Waals surface area contributed by atoms with Crippen LogP contribution in [0.1, 0.15) is 16.7 Å². The third kappa shape index (κ3) is 5.12. The third-order valence-corrected chi connectivity index (χ3v) is 6.10. The predicted octanol–water partition coefficient (Wildman–Crippen LogP) is 5.15. The van der Waals surface area contributed by atoms with E-state index in [1.165, 1.54) is 29.8 Å². The van der Waals surface area contributed by atoms with Gasteiger partial charge in [-0.15, -0.1) is 0 Å². The quantitative estimate of drug-likeness (QED) is 0.199. The Hall–Kier alpha value is -3.11. The summed E-state index contributed by atoms with van der Waals surface area (Å²) in [5.74, 6) is -1.25. The van der Waals surface area contributed by atoms with Gasteiger partial charge in [0.05, 0.1) is 9.26 Å². The fraction of sp³-hybridized carbons (Fsp3) is 0.0800. The van der Waals surface area contributed by atoms with Crippen molar-refractivity contribution in [2.75, 3.05) is 4.90 Å². The molecule has 3 aromatic rings. The molecule has 0 saturated carbocycles. The molecule has 0 spiro atoms. The molecule has 0 bridgehead atoms. The second-order valence-electron chi connectivity index (χ2n) is 7.37. The smallest absolute Gasteiger partial charge is 0.270 e. The molecule has 5 nitrogen and oxygen atoms in total. The van der Waals surface area contributed by atoms with Crippen LogP contribution in [-0.4, -0.2) is 16.9 Å². The van der Waals surface area contributed by atoms with Crippen LogP contribution in [0.15, 0.2) is 72.3 Å². The van der Waals surface area contributed by atoms with E-state index in [4.69, 9.17) is 17.0 Å². The molecule has 0 radical (unpaired) electrons. The van der Waals surface area contributed by atoms with Crippen molar-refractivity contribution in [3.8, 4) is 5.75 Å². The molecular weight excluding hydrogens is 554 g/mol. The number of thiocarbonyl (C=S) groups is 1. The average Bonchev–Trinajstić information content (AvgIpc) is 2.78. The van der Waals surface area contributed by atoms with Crippen LogP contribution in [0.3, 0.4) is 0 Å². The highest BCUT2D eigenvalue weighted by atomic mass is 127. The Balaban J connectivity index is 1.57. The largest absolute Gasteiger partial charge is 0.488 e. The summed E-state index contributed by atoms with van der Waals surface area (Å²) in [5.41, 5.74) is 2.70. The SMILES string of the molecule is Cc1ccc(COc2ccc(/C=C3\C(=O)NC(=S)N(c4ccccc4F)C3=O)cc2I)cc1. The number of hydrogen-bond acceptors (Lipinski definition) is 4. The van der Waals surface area contributed by atoms with Crippen LogP contribution in [0.4, 0.5) is 10.1 Å². The van der Waals surface area contributed by atoms with E-state index < -0.39 is 17.6 Å². The van der Waals surface area contributed by atoms with Gasteiger partial charge in [0, 0.05) is 0 Å². The summed E-state index contributed by atoms with van der Waals surface area (Å²) in [6.07, 6.45) is 1.46. The van der Waals surface area contributed by atoms with E-state index in [0.717, 1.165) is 14.0 Å². The summed E-state index contributed by atoms with van der Waals surface area (Å²) >= 11 is 7.26. The van der Waals surface area contributed by atoms with Gasteiger partial charge in [-0.2, -0.15) is 0 Å². The lowest BCUT2D eigenvalue weighted by atomic mass is 10.1. The molecule has 0 aliphatic carbocycles. The van der Waals surface area contributed by atoms with Crippen LogP contribution in [0, 0.1) is 16.3 Å². The van der Waals surface area contributed by atoms with Crippen LogP contribution in [0.5, 0.6) is 5.75 Å². The van der Waals surface area contributed by atoms with Crippen molar-refractivity contribution in [2.24, 2.45) is 0 Å². The Bertz CT molecular complexity index is 1290. The lowest BCUT2D eigenvalue weighted by molar-refractivity contribution is -0.122. The number of aryl methyl sites for hydroxylation is 1. The van der Waals surface area contributed by atoms with E-state index in [2.05, 4.69) is 27.9 Å². The number of nitrogens with one attached hydrogen (secondary N) is 1. The highest BCUT2D eigenvalue weighted by molar-refractivity contribution is 14.1. The molecule has 4 rings (SSSR count). The molecule has 2 amide bonds. The Morgan fingerprint density at radius 3 is 2.52 bits per heavy atom. The zero-order valence-corrected chi connectivity index (χ0v) is 20.4. The van der Waals surface area contributed by atoms with E-state index in [9.17, 15) is 14.0 Å². The normalized spacial score (nSPS) is 15.1. The first-order valence-electron chi connectivity index (χ1n) is 9.97. The number of benzene rings is 3. The zero-order chi connectivity index (χ0) is 23.5. The van der Waals surface area contributed by atoms with E-state index in [1.807, 2.05) is 31.2 Å². The monoisotopic (exact) mass is 572 g/mol. The molecule has 1 aliphatic rings. The topological polar surface area (TPSA) is 58.6 Å². The first-order chi connectivity index (χ1) is 15.8. The van der Waals surface area contributed by atoms with E-state index in [0.29, 0.717) is 17.9 Å². The maximum absolute atomic E-state index is 14.3. The van der Waals surface area contributed by atoms with Gasteiger partial charge < -0.3 is 4.74 Å². The lowest BCUT2D eigenvalue weighted by Gasteiger charge is -2.29. The minimum absolute atomic E-state index is 0.0205. The summed E-state index contributed by atoms with van der Waals surface area (Å²) < 4.78 is 21.0. The van der Waals surface area contributed by atoms with Gasteiger partial charge in [0.25, 0.3) is 11.8 Å². The molecule has 1 fully saturated rings. The fourth-order valence-corrected chi connectivity index (χ4v) is 4.21. The van der Waals surface area contributed by atoms with Gasteiger partial charge in [-0.1, -0.05) is 48.0 Å². The van der Waals surface area contributed by atoms with E-state index >= 15 is 0 Å². The number of nitrogens with zero attached hydrogens (tertiary/aromatic N) is 1. The van der Waals surface area contributed by atoms with Gasteiger partial charge in [0.15, 0.2) is 5.11 Å². The molecule has 1 heterocycles. The van der Waals surface area contributed by atoms with E-state index in [1.54, 1.807) is 24.3 Å². The third-order valence-electron chi connectivity index (χ3n) is 4.98. The van der Waals surface area contributed by atoms with Crippen molar-refractivity contribution in [1.82, 2.24) is 5.32 Å². The molecule has 0 aromatic heterocycles. The van der Waals surface area contributed by atoms with Crippen molar-refractivity contribution >= 4 is 63.5 Å². The van der Waals surface area contributed by atoms with Crippen molar-refractivity contribution < 1.29 is 18.7 Å². The molecule has 1 N–H and O–H groups in total. The van der Waals surface area contributed by atoms with Crippen molar-refractivity contribution in [1.29, 1.82) is 0 Å². The van der Waals surface area contributed by atoms with Gasteiger partial charge in [-0.3, -0.25) is 14.9 Å². The van der Waals surface area contributed by atoms with Gasteiger partial charge in [0.1, 0.15) is 23.7 Å². The van der Waals surface area contributed by atoms with Crippen LogP contribution in [-0.2, 0) is 16.2 Å². The number of para-hydroxylation sites is 1. The zero-order valence-electron chi connectivity index (χ0n) is 17.5. The second kappa shape index (κ2) is 9.80. The molecule has 0 unspecified atom stereocenters. The number of hydrogen-bond donors (Lipinski definition) is 1. The number of halogens is 2. The Morgan fingerprint density at radius 1 is 1.09 bits per heavy atom. The number of amides is 2. The molecule has 1 saturated heterocycles. The molecule has 166 valence electrons. The summed E-state index contributed by atoms with van der Waals surface area (Å²) in [6, 6.07) is 19.2. The van der Waals surface area contributed by atoms with Crippen LogP contribution >= 0.6 is 34.8 Å². The van der Waals surface area contributed by atoms with Gasteiger partial charge in [-0.05, 0) is 83.2 Å².